The molecule has 0 saturated carbocycles. The molecule has 0 radical (unpaired) electrons. The number of fused-ring (bicyclic) bond motifs is 2. The fourth-order valence-electron chi connectivity index (χ4n) is 3.25. The minimum Gasteiger partial charge on any atom is -0.481 e. The number of nitrogens with zero attached hydrogens (tertiary/aromatic N) is 1. The molecule has 2 heterocycles. The van der Waals surface area contributed by atoms with Crippen molar-refractivity contribution in [1.82, 2.24) is 10.2 Å². The van der Waals surface area contributed by atoms with Crippen molar-refractivity contribution >= 4 is 11.9 Å². The van der Waals surface area contributed by atoms with Crippen LogP contribution in [0, 0.1) is 11.8 Å². The van der Waals surface area contributed by atoms with Gasteiger partial charge in [-0.1, -0.05) is 13.8 Å². The predicted molar refractivity (Wildman–Crippen MR) is 71.7 cm³/mol. The van der Waals surface area contributed by atoms with Gasteiger partial charge in [0, 0.05) is 18.1 Å². The lowest BCUT2D eigenvalue weighted by Gasteiger charge is -2.24. The minimum absolute atomic E-state index is 0.0177. The van der Waals surface area contributed by atoms with Crippen molar-refractivity contribution in [1.29, 1.82) is 0 Å². The van der Waals surface area contributed by atoms with Gasteiger partial charge >= 0.3 is 5.97 Å². The van der Waals surface area contributed by atoms with E-state index in [-0.39, 0.29) is 30.0 Å². The average molecular weight is 268 g/mol. The van der Waals surface area contributed by atoms with Gasteiger partial charge < -0.3 is 10.4 Å². The van der Waals surface area contributed by atoms with Crippen molar-refractivity contribution in [2.75, 3.05) is 6.54 Å². The summed E-state index contributed by atoms with van der Waals surface area (Å²) in [7, 11) is 0. The summed E-state index contributed by atoms with van der Waals surface area (Å²) in [6.07, 6.45) is 2.64. The van der Waals surface area contributed by atoms with Crippen LogP contribution >= 0.6 is 0 Å². The molecule has 0 aromatic carbocycles. The van der Waals surface area contributed by atoms with E-state index in [1.807, 2.05) is 6.92 Å². The van der Waals surface area contributed by atoms with Gasteiger partial charge in [-0.15, -0.1) is 0 Å². The molecule has 0 aromatic heterocycles. The van der Waals surface area contributed by atoms with Crippen LogP contribution in [0.5, 0.6) is 0 Å². The molecule has 4 unspecified atom stereocenters. The Labute approximate surface area is 114 Å². The van der Waals surface area contributed by atoms with Crippen LogP contribution in [0.1, 0.15) is 40.0 Å². The lowest BCUT2D eigenvalue weighted by atomic mass is 9.89. The summed E-state index contributed by atoms with van der Waals surface area (Å²) in [5.74, 6) is -0.572. The number of hydrogen-bond donors (Lipinski definition) is 2. The van der Waals surface area contributed by atoms with E-state index >= 15 is 0 Å². The van der Waals surface area contributed by atoms with Gasteiger partial charge in [0.25, 0.3) is 0 Å². The zero-order valence-electron chi connectivity index (χ0n) is 11.9. The zero-order valence-corrected chi connectivity index (χ0v) is 11.9. The highest BCUT2D eigenvalue weighted by atomic mass is 16.4. The van der Waals surface area contributed by atoms with Gasteiger partial charge in [-0.25, -0.2) is 0 Å². The van der Waals surface area contributed by atoms with Crippen molar-refractivity contribution in [3.63, 3.8) is 0 Å². The molecule has 108 valence electrons. The van der Waals surface area contributed by atoms with Gasteiger partial charge in [0.1, 0.15) is 0 Å². The molecule has 5 heteroatoms. The van der Waals surface area contributed by atoms with Crippen LogP contribution in [0.25, 0.3) is 0 Å². The van der Waals surface area contributed by atoms with Gasteiger partial charge in [0.2, 0.25) is 5.91 Å². The van der Waals surface area contributed by atoms with Crippen LogP contribution in [-0.4, -0.2) is 46.6 Å². The van der Waals surface area contributed by atoms with Crippen LogP contribution in [-0.2, 0) is 9.59 Å². The molecule has 2 N–H and O–H groups in total. The van der Waals surface area contributed by atoms with Crippen LogP contribution in [0.2, 0.25) is 0 Å². The van der Waals surface area contributed by atoms with Crippen LogP contribution in [0.4, 0.5) is 0 Å². The molecule has 1 amide bonds. The molecule has 2 bridgehead atoms. The van der Waals surface area contributed by atoms with E-state index in [4.69, 9.17) is 0 Å². The Balaban J connectivity index is 1.90. The highest BCUT2D eigenvalue weighted by Crippen LogP contribution is 2.41. The van der Waals surface area contributed by atoms with Crippen molar-refractivity contribution in [2.45, 2.75) is 58.2 Å². The molecule has 0 aromatic rings. The SMILES string of the molecule is CC(C)C(C)NC(=O)CN1C2CCC1C(C(=O)O)C2. The molecule has 2 fully saturated rings. The first kappa shape index (κ1) is 14.3. The van der Waals surface area contributed by atoms with Gasteiger partial charge in [-0.05, 0) is 32.1 Å². The summed E-state index contributed by atoms with van der Waals surface area (Å²) in [6, 6.07) is 0.497. The second-order valence-corrected chi connectivity index (χ2v) is 6.25. The Bertz CT molecular complexity index is 370. The quantitative estimate of drug-likeness (QED) is 0.783. The predicted octanol–water partition coefficient (Wildman–Crippen LogP) is 1.08. The van der Waals surface area contributed by atoms with E-state index in [0.717, 1.165) is 12.8 Å². The van der Waals surface area contributed by atoms with E-state index in [1.165, 1.54) is 0 Å². The van der Waals surface area contributed by atoms with E-state index < -0.39 is 5.97 Å². The summed E-state index contributed by atoms with van der Waals surface area (Å²) in [6.45, 7) is 6.49. The lowest BCUT2D eigenvalue weighted by Crippen LogP contribution is -2.45. The summed E-state index contributed by atoms with van der Waals surface area (Å²) < 4.78 is 0. The van der Waals surface area contributed by atoms with Crippen molar-refractivity contribution in [2.24, 2.45) is 11.8 Å². The maximum absolute atomic E-state index is 12.0. The number of carboxylic acids is 1. The highest BCUT2D eigenvalue weighted by Gasteiger charge is 2.49. The van der Waals surface area contributed by atoms with Crippen molar-refractivity contribution in [3.05, 3.63) is 0 Å². The standard InChI is InChI=1S/C14H24N2O3/c1-8(2)9(3)15-13(17)7-16-10-4-5-12(16)11(6-10)14(18)19/h8-12H,4-7H2,1-3H3,(H,15,17)(H,18,19). The fourth-order valence-corrected chi connectivity index (χ4v) is 3.25. The molecule has 2 saturated heterocycles. The Morgan fingerprint density at radius 3 is 2.53 bits per heavy atom. The number of carbonyl (C=O) groups excluding carboxylic acids is 1. The van der Waals surface area contributed by atoms with Crippen LogP contribution in [0.15, 0.2) is 0 Å². The van der Waals surface area contributed by atoms with E-state index in [2.05, 4.69) is 24.1 Å². The molecule has 2 aliphatic heterocycles. The molecule has 19 heavy (non-hydrogen) atoms. The molecule has 4 atom stereocenters. The molecule has 2 rings (SSSR count). The number of rotatable bonds is 5. The van der Waals surface area contributed by atoms with Gasteiger partial charge in [0.05, 0.1) is 12.5 Å². The first-order valence-electron chi connectivity index (χ1n) is 7.18. The summed E-state index contributed by atoms with van der Waals surface area (Å²) in [5.41, 5.74) is 0. The number of hydrogen-bond acceptors (Lipinski definition) is 3. The van der Waals surface area contributed by atoms with Crippen molar-refractivity contribution < 1.29 is 14.7 Å². The third-order valence-electron chi connectivity index (χ3n) is 4.71. The average Bonchev–Trinajstić information content (AvgIpc) is 2.86. The minimum atomic E-state index is -0.715. The number of aliphatic carboxylic acids is 1. The van der Waals surface area contributed by atoms with E-state index in [9.17, 15) is 14.7 Å². The van der Waals surface area contributed by atoms with Gasteiger partial charge in [-0.2, -0.15) is 0 Å². The Morgan fingerprint density at radius 2 is 2.00 bits per heavy atom. The van der Waals surface area contributed by atoms with E-state index in [1.54, 1.807) is 0 Å². The third kappa shape index (κ3) is 2.91. The third-order valence-corrected chi connectivity index (χ3v) is 4.71. The van der Waals surface area contributed by atoms with Crippen molar-refractivity contribution in [3.8, 4) is 0 Å². The highest BCUT2D eigenvalue weighted by molar-refractivity contribution is 5.79. The number of amides is 1. The number of carboxylic acid groups (broad SMARTS) is 1. The molecule has 5 nitrogen and oxygen atoms in total. The maximum Gasteiger partial charge on any atom is 0.308 e. The second kappa shape index (κ2) is 5.49. The second-order valence-electron chi connectivity index (χ2n) is 6.25. The maximum atomic E-state index is 12.0. The number of carbonyl (C=O) groups is 2. The Hall–Kier alpha value is -1.10. The fraction of sp³-hybridized carbons (Fsp3) is 0.857. The number of nitrogens with one attached hydrogen (secondary N) is 1. The normalized spacial score (nSPS) is 31.7. The molecule has 0 aliphatic carbocycles. The van der Waals surface area contributed by atoms with E-state index in [0.29, 0.717) is 18.9 Å². The molecular formula is C14H24N2O3. The first-order valence-corrected chi connectivity index (χ1v) is 7.18. The monoisotopic (exact) mass is 268 g/mol. The smallest absolute Gasteiger partial charge is 0.308 e. The molecule has 0 spiro atoms. The summed E-state index contributed by atoms with van der Waals surface area (Å²) >= 11 is 0. The lowest BCUT2D eigenvalue weighted by molar-refractivity contribution is -0.143. The van der Waals surface area contributed by atoms with Crippen LogP contribution in [0.3, 0.4) is 0 Å². The summed E-state index contributed by atoms with van der Waals surface area (Å²) in [4.78, 5) is 25.3. The topological polar surface area (TPSA) is 69.6 Å². The molecular weight excluding hydrogens is 244 g/mol. The summed E-state index contributed by atoms with van der Waals surface area (Å²) in [5, 5.41) is 12.2. The molecule has 2 aliphatic rings. The van der Waals surface area contributed by atoms with Gasteiger partial charge in [0.15, 0.2) is 0 Å². The Kier molecular flexibility index (Phi) is 4.13. The van der Waals surface area contributed by atoms with Gasteiger partial charge in [-0.3, -0.25) is 14.5 Å². The first-order chi connectivity index (χ1) is 8.90. The van der Waals surface area contributed by atoms with Crippen LogP contribution < -0.4 is 5.32 Å². The largest absolute Gasteiger partial charge is 0.481 e. The zero-order chi connectivity index (χ0) is 14.2. The Morgan fingerprint density at radius 1 is 1.32 bits per heavy atom.